The molecule has 1 N–H and O–H groups in total. The molecule has 0 radical (unpaired) electrons. The van der Waals surface area contributed by atoms with Crippen LogP contribution in [0.2, 0.25) is 0 Å². The van der Waals surface area contributed by atoms with Gasteiger partial charge in [0.25, 0.3) is 5.91 Å². The molecule has 2 aromatic rings. The number of carbonyl (C=O) groups excluding carboxylic acids is 2. The molecular weight excluding hydrogens is 328 g/mol. The molecule has 0 saturated heterocycles. The van der Waals surface area contributed by atoms with E-state index in [4.69, 9.17) is 4.74 Å². The lowest BCUT2D eigenvalue weighted by Gasteiger charge is -2.30. The minimum Gasteiger partial charge on any atom is -0.497 e. The van der Waals surface area contributed by atoms with Crippen molar-refractivity contribution in [1.29, 1.82) is 0 Å². The molecule has 0 bridgehead atoms. The van der Waals surface area contributed by atoms with Crippen LogP contribution in [0.25, 0.3) is 0 Å². The molecule has 1 aliphatic rings. The Hall–Kier alpha value is -2.82. The molecule has 1 heterocycles. The maximum absolute atomic E-state index is 12.8. The smallest absolute Gasteiger partial charge is 0.255 e. The van der Waals surface area contributed by atoms with Crippen LogP contribution in [0, 0.1) is 5.92 Å². The molecule has 136 valence electrons. The Balaban J connectivity index is 1.70. The van der Waals surface area contributed by atoms with Crippen molar-refractivity contribution in [2.24, 2.45) is 5.92 Å². The molecular formula is C21H24N2O3. The number of rotatable bonds is 6. The van der Waals surface area contributed by atoms with Crippen LogP contribution in [0.4, 0.5) is 0 Å². The molecule has 3 rings (SSSR count). The van der Waals surface area contributed by atoms with Crippen LogP contribution in [-0.2, 0) is 17.9 Å². The minimum absolute atomic E-state index is 0.0177. The third-order valence-corrected chi connectivity index (χ3v) is 4.71. The van der Waals surface area contributed by atoms with Crippen molar-refractivity contribution in [3.05, 3.63) is 65.2 Å². The summed E-state index contributed by atoms with van der Waals surface area (Å²) in [7, 11) is 1.62. The first-order chi connectivity index (χ1) is 12.5. The number of methoxy groups -OCH3 is 1. The van der Waals surface area contributed by atoms with E-state index in [1.54, 1.807) is 12.0 Å². The summed E-state index contributed by atoms with van der Waals surface area (Å²) in [5.41, 5.74) is 2.66. The highest BCUT2D eigenvalue weighted by molar-refractivity contribution is 6.01. The average molecular weight is 352 g/mol. The van der Waals surface area contributed by atoms with Gasteiger partial charge in [0, 0.05) is 18.7 Å². The second-order valence-electron chi connectivity index (χ2n) is 6.84. The zero-order valence-corrected chi connectivity index (χ0v) is 15.4. The molecule has 5 nitrogen and oxygen atoms in total. The Morgan fingerprint density at radius 1 is 1.15 bits per heavy atom. The van der Waals surface area contributed by atoms with Gasteiger partial charge in [-0.2, -0.15) is 0 Å². The van der Waals surface area contributed by atoms with Crippen molar-refractivity contribution < 1.29 is 14.3 Å². The van der Waals surface area contributed by atoms with Crippen LogP contribution >= 0.6 is 0 Å². The van der Waals surface area contributed by atoms with Crippen LogP contribution in [0.15, 0.2) is 48.5 Å². The van der Waals surface area contributed by atoms with Gasteiger partial charge < -0.3 is 15.0 Å². The summed E-state index contributed by atoms with van der Waals surface area (Å²) >= 11 is 0. The number of ether oxygens (including phenoxy) is 1. The van der Waals surface area contributed by atoms with Crippen molar-refractivity contribution in [2.75, 3.05) is 7.11 Å². The molecule has 1 aliphatic heterocycles. The van der Waals surface area contributed by atoms with Crippen LogP contribution in [0.3, 0.4) is 0 Å². The second-order valence-corrected chi connectivity index (χ2v) is 6.84. The molecule has 2 amide bonds. The molecule has 0 spiro atoms. The Morgan fingerprint density at radius 3 is 2.46 bits per heavy atom. The standard InChI is InChI=1S/C21H24N2O3/c1-14(2)19(23-13-16-6-4-5-7-18(16)21(23)25)20(24)22-12-15-8-10-17(26-3)11-9-15/h4-11,14,19H,12-13H2,1-3H3,(H,22,24)/t19-/m0/s1. The second kappa shape index (κ2) is 7.60. The average Bonchev–Trinajstić information content (AvgIpc) is 2.97. The lowest BCUT2D eigenvalue weighted by molar-refractivity contribution is -0.127. The number of amides is 2. The van der Waals surface area contributed by atoms with E-state index < -0.39 is 6.04 Å². The fourth-order valence-electron chi connectivity index (χ4n) is 3.34. The van der Waals surface area contributed by atoms with Crippen LogP contribution < -0.4 is 10.1 Å². The quantitative estimate of drug-likeness (QED) is 0.869. The van der Waals surface area contributed by atoms with E-state index in [2.05, 4.69) is 5.32 Å². The van der Waals surface area contributed by atoms with Crippen LogP contribution in [0.5, 0.6) is 5.75 Å². The maximum atomic E-state index is 12.8. The molecule has 5 heteroatoms. The highest BCUT2D eigenvalue weighted by atomic mass is 16.5. The van der Waals surface area contributed by atoms with Gasteiger partial charge in [-0.05, 0) is 35.2 Å². The third-order valence-electron chi connectivity index (χ3n) is 4.71. The normalized spacial score (nSPS) is 14.3. The molecule has 0 saturated carbocycles. The largest absolute Gasteiger partial charge is 0.497 e. The lowest BCUT2D eigenvalue weighted by Crippen LogP contribution is -2.49. The third kappa shape index (κ3) is 3.57. The van der Waals surface area contributed by atoms with Gasteiger partial charge in [-0.1, -0.05) is 44.2 Å². The van der Waals surface area contributed by atoms with Gasteiger partial charge in [-0.25, -0.2) is 0 Å². The van der Waals surface area contributed by atoms with Gasteiger partial charge in [0.1, 0.15) is 11.8 Å². The fourth-order valence-corrected chi connectivity index (χ4v) is 3.34. The summed E-state index contributed by atoms with van der Waals surface area (Å²) in [6.07, 6.45) is 0. The molecule has 0 fully saturated rings. The highest BCUT2D eigenvalue weighted by Crippen LogP contribution is 2.27. The van der Waals surface area contributed by atoms with E-state index in [0.717, 1.165) is 16.9 Å². The molecule has 0 aromatic heterocycles. The fraction of sp³-hybridized carbons (Fsp3) is 0.333. The number of hydrogen-bond acceptors (Lipinski definition) is 3. The minimum atomic E-state index is -0.492. The molecule has 26 heavy (non-hydrogen) atoms. The highest BCUT2D eigenvalue weighted by Gasteiger charge is 2.37. The zero-order valence-electron chi connectivity index (χ0n) is 15.4. The molecule has 0 aliphatic carbocycles. The predicted molar refractivity (Wildman–Crippen MR) is 99.8 cm³/mol. The van der Waals surface area contributed by atoms with Crippen molar-refractivity contribution in [3.63, 3.8) is 0 Å². The van der Waals surface area contributed by atoms with Gasteiger partial charge in [-0.3, -0.25) is 9.59 Å². The Morgan fingerprint density at radius 2 is 1.85 bits per heavy atom. The van der Waals surface area contributed by atoms with E-state index in [9.17, 15) is 9.59 Å². The first-order valence-electron chi connectivity index (χ1n) is 8.80. The zero-order chi connectivity index (χ0) is 18.7. The van der Waals surface area contributed by atoms with Crippen molar-refractivity contribution >= 4 is 11.8 Å². The monoisotopic (exact) mass is 352 g/mol. The van der Waals surface area contributed by atoms with Crippen LogP contribution in [0.1, 0.15) is 35.3 Å². The number of carbonyl (C=O) groups is 2. The lowest BCUT2D eigenvalue weighted by atomic mass is 10.0. The Kier molecular flexibility index (Phi) is 5.26. The first-order valence-corrected chi connectivity index (χ1v) is 8.80. The van der Waals surface area contributed by atoms with Crippen molar-refractivity contribution in [1.82, 2.24) is 10.2 Å². The first kappa shape index (κ1) is 18.0. The SMILES string of the molecule is COc1ccc(CNC(=O)[C@H](C(C)C)N2Cc3ccccc3C2=O)cc1. The number of benzene rings is 2. The van der Waals surface area contributed by atoms with E-state index in [0.29, 0.717) is 18.7 Å². The van der Waals surface area contributed by atoms with E-state index >= 15 is 0 Å². The molecule has 1 atom stereocenters. The Labute approximate surface area is 154 Å². The van der Waals surface area contributed by atoms with Crippen LogP contribution in [-0.4, -0.2) is 29.9 Å². The van der Waals surface area contributed by atoms with E-state index in [1.165, 1.54) is 0 Å². The molecule has 0 unspecified atom stereocenters. The van der Waals surface area contributed by atoms with E-state index in [1.807, 2.05) is 62.4 Å². The predicted octanol–water partition coefficient (Wildman–Crippen LogP) is 2.99. The Bertz CT molecular complexity index is 799. The topological polar surface area (TPSA) is 58.6 Å². The van der Waals surface area contributed by atoms with Gasteiger partial charge in [-0.15, -0.1) is 0 Å². The van der Waals surface area contributed by atoms with E-state index in [-0.39, 0.29) is 17.7 Å². The summed E-state index contributed by atoms with van der Waals surface area (Å²) in [6.45, 7) is 4.83. The van der Waals surface area contributed by atoms with Gasteiger partial charge in [0.2, 0.25) is 5.91 Å². The van der Waals surface area contributed by atoms with Gasteiger partial charge in [0.05, 0.1) is 7.11 Å². The number of nitrogens with zero attached hydrogens (tertiary/aromatic N) is 1. The maximum Gasteiger partial charge on any atom is 0.255 e. The summed E-state index contributed by atoms with van der Waals surface area (Å²) in [4.78, 5) is 27.2. The number of hydrogen-bond donors (Lipinski definition) is 1. The van der Waals surface area contributed by atoms with Crippen molar-refractivity contribution in [3.8, 4) is 5.75 Å². The number of nitrogens with one attached hydrogen (secondary N) is 1. The number of fused-ring (bicyclic) bond motifs is 1. The molecule has 2 aromatic carbocycles. The van der Waals surface area contributed by atoms with Crippen molar-refractivity contribution in [2.45, 2.75) is 33.0 Å². The van der Waals surface area contributed by atoms with Gasteiger partial charge >= 0.3 is 0 Å². The summed E-state index contributed by atoms with van der Waals surface area (Å²) < 4.78 is 5.14. The van der Waals surface area contributed by atoms with Gasteiger partial charge in [0.15, 0.2) is 0 Å². The summed E-state index contributed by atoms with van der Waals surface area (Å²) in [5, 5.41) is 2.97. The summed E-state index contributed by atoms with van der Waals surface area (Å²) in [6, 6.07) is 14.6. The summed E-state index contributed by atoms with van der Waals surface area (Å²) in [5.74, 6) is 0.598.